The Kier molecular flexibility index (Phi) is 3.91. The molecule has 0 saturated heterocycles. The smallest absolute Gasteiger partial charge is 0.350 e. The average Bonchev–Trinajstić information content (AvgIpc) is 2.91. The molecule has 0 aromatic carbocycles. The van der Waals surface area contributed by atoms with Crippen molar-refractivity contribution in [3.63, 3.8) is 0 Å². The van der Waals surface area contributed by atoms with E-state index in [9.17, 15) is 13.2 Å². The van der Waals surface area contributed by atoms with Crippen molar-refractivity contribution in [3.8, 4) is 0 Å². The number of hydrogen-bond acceptors (Lipinski definition) is 4. The molecule has 0 bridgehead atoms. The molecule has 0 radical (unpaired) electrons. The van der Waals surface area contributed by atoms with Crippen LogP contribution in [0.3, 0.4) is 0 Å². The van der Waals surface area contributed by atoms with Gasteiger partial charge in [-0.15, -0.1) is 0 Å². The van der Waals surface area contributed by atoms with Gasteiger partial charge in [-0.1, -0.05) is 0 Å². The van der Waals surface area contributed by atoms with E-state index in [0.717, 1.165) is 12.3 Å². The third-order valence-electron chi connectivity index (χ3n) is 2.97. The normalized spacial score (nSPS) is 14.8. The van der Waals surface area contributed by atoms with Crippen LogP contribution >= 0.6 is 0 Å². The first-order valence-electron chi connectivity index (χ1n) is 6.04. The standard InChI is InChI=1S/C12H14F3N5/c1-8(9(2)20-7-3-5-17-20)18-11-16-6-4-10(19-11)12(13,14)15/h3-9H,1-2H3,(H,16,18,19)/t8-,9-/m1/s1. The van der Waals surface area contributed by atoms with Crippen molar-refractivity contribution in [2.45, 2.75) is 32.1 Å². The molecule has 2 heterocycles. The van der Waals surface area contributed by atoms with E-state index in [1.165, 1.54) is 0 Å². The number of nitrogens with zero attached hydrogens (tertiary/aromatic N) is 4. The molecular formula is C12H14F3N5. The maximum Gasteiger partial charge on any atom is 0.433 e. The Morgan fingerprint density at radius 3 is 2.60 bits per heavy atom. The molecule has 0 aliphatic heterocycles. The summed E-state index contributed by atoms with van der Waals surface area (Å²) < 4.78 is 39.4. The van der Waals surface area contributed by atoms with Gasteiger partial charge in [-0.3, -0.25) is 4.68 Å². The summed E-state index contributed by atoms with van der Waals surface area (Å²) in [6.07, 6.45) is 0.0412. The van der Waals surface area contributed by atoms with Gasteiger partial charge < -0.3 is 5.32 Å². The van der Waals surface area contributed by atoms with Gasteiger partial charge in [0.15, 0.2) is 0 Å². The highest BCUT2D eigenvalue weighted by Gasteiger charge is 2.33. The molecule has 0 aliphatic carbocycles. The fourth-order valence-corrected chi connectivity index (χ4v) is 1.66. The molecule has 2 aromatic rings. The second-order valence-corrected chi connectivity index (χ2v) is 4.42. The van der Waals surface area contributed by atoms with E-state index in [2.05, 4.69) is 20.4 Å². The van der Waals surface area contributed by atoms with Crippen LogP contribution in [0, 0.1) is 0 Å². The first-order valence-corrected chi connectivity index (χ1v) is 6.04. The molecular weight excluding hydrogens is 271 g/mol. The summed E-state index contributed by atoms with van der Waals surface area (Å²) in [5.74, 6) is -0.0497. The van der Waals surface area contributed by atoms with Crippen LogP contribution in [0.25, 0.3) is 0 Å². The molecule has 0 amide bonds. The highest BCUT2D eigenvalue weighted by Crippen LogP contribution is 2.27. The summed E-state index contributed by atoms with van der Waals surface area (Å²) in [6, 6.07) is 2.39. The zero-order valence-electron chi connectivity index (χ0n) is 11.0. The minimum absolute atomic E-state index is 0.0497. The van der Waals surface area contributed by atoms with Gasteiger partial charge in [-0.2, -0.15) is 18.3 Å². The highest BCUT2D eigenvalue weighted by molar-refractivity contribution is 5.27. The third-order valence-corrected chi connectivity index (χ3v) is 2.97. The molecule has 2 rings (SSSR count). The van der Waals surface area contributed by atoms with Gasteiger partial charge in [0.05, 0.1) is 6.04 Å². The third kappa shape index (κ3) is 3.25. The van der Waals surface area contributed by atoms with E-state index in [1.807, 2.05) is 13.8 Å². The van der Waals surface area contributed by atoms with E-state index in [4.69, 9.17) is 0 Å². The van der Waals surface area contributed by atoms with E-state index < -0.39 is 11.9 Å². The maximum atomic E-state index is 12.6. The van der Waals surface area contributed by atoms with Crippen molar-refractivity contribution in [1.29, 1.82) is 0 Å². The van der Waals surface area contributed by atoms with Gasteiger partial charge >= 0.3 is 6.18 Å². The molecule has 0 saturated carbocycles. The van der Waals surface area contributed by atoms with E-state index in [1.54, 1.807) is 23.1 Å². The van der Waals surface area contributed by atoms with Gasteiger partial charge in [0, 0.05) is 24.6 Å². The fourth-order valence-electron chi connectivity index (χ4n) is 1.66. The minimum atomic E-state index is -4.48. The molecule has 2 atom stereocenters. The van der Waals surface area contributed by atoms with Crippen LogP contribution in [0.5, 0.6) is 0 Å². The van der Waals surface area contributed by atoms with Gasteiger partial charge in [-0.25, -0.2) is 9.97 Å². The zero-order valence-corrected chi connectivity index (χ0v) is 11.0. The number of halogens is 3. The highest BCUT2D eigenvalue weighted by atomic mass is 19.4. The minimum Gasteiger partial charge on any atom is -0.350 e. The molecule has 0 aliphatic rings. The topological polar surface area (TPSA) is 55.6 Å². The lowest BCUT2D eigenvalue weighted by Gasteiger charge is -2.21. The lowest BCUT2D eigenvalue weighted by Crippen LogP contribution is -2.28. The Morgan fingerprint density at radius 1 is 1.25 bits per heavy atom. The summed E-state index contributed by atoms with van der Waals surface area (Å²) in [5, 5.41) is 6.95. The van der Waals surface area contributed by atoms with Gasteiger partial charge in [0.1, 0.15) is 5.69 Å². The SMILES string of the molecule is C[C@H]([C@@H](C)Nc1nccc(C(F)(F)F)n1)n1cccn1. The van der Waals surface area contributed by atoms with Crippen molar-refractivity contribution in [2.75, 3.05) is 5.32 Å². The van der Waals surface area contributed by atoms with Crippen LogP contribution in [-0.4, -0.2) is 25.8 Å². The lowest BCUT2D eigenvalue weighted by molar-refractivity contribution is -0.141. The quantitative estimate of drug-likeness (QED) is 0.938. The monoisotopic (exact) mass is 285 g/mol. The van der Waals surface area contributed by atoms with Crippen LogP contribution in [0.4, 0.5) is 19.1 Å². The molecule has 5 nitrogen and oxygen atoms in total. The number of aromatic nitrogens is 4. The second kappa shape index (κ2) is 5.48. The number of alkyl halides is 3. The van der Waals surface area contributed by atoms with Gasteiger partial charge in [0.25, 0.3) is 0 Å². The summed E-state index contributed by atoms with van der Waals surface area (Å²) in [5.41, 5.74) is -0.964. The lowest BCUT2D eigenvalue weighted by atomic mass is 10.2. The van der Waals surface area contributed by atoms with Crippen molar-refractivity contribution in [2.24, 2.45) is 0 Å². The Morgan fingerprint density at radius 2 is 2.00 bits per heavy atom. The van der Waals surface area contributed by atoms with Crippen LogP contribution in [0.2, 0.25) is 0 Å². The van der Waals surface area contributed by atoms with E-state index in [0.29, 0.717) is 0 Å². The van der Waals surface area contributed by atoms with Gasteiger partial charge in [0.2, 0.25) is 5.95 Å². The first kappa shape index (κ1) is 14.3. The van der Waals surface area contributed by atoms with Crippen LogP contribution in [0.1, 0.15) is 25.6 Å². The largest absolute Gasteiger partial charge is 0.433 e. The molecule has 20 heavy (non-hydrogen) atoms. The molecule has 0 fully saturated rings. The Hall–Kier alpha value is -2.12. The molecule has 2 aromatic heterocycles. The van der Waals surface area contributed by atoms with Crippen LogP contribution in [-0.2, 0) is 6.18 Å². The van der Waals surface area contributed by atoms with Crippen molar-refractivity contribution in [1.82, 2.24) is 19.7 Å². The Balaban J connectivity index is 2.10. The summed E-state index contributed by atoms with van der Waals surface area (Å²) >= 11 is 0. The Labute approximate surface area is 113 Å². The number of anilines is 1. The second-order valence-electron chi connectivity index (χ2n) is 4.42. The van der Waals surface area contributed by atoms with E-state index in [-0.39, 0.29) is 18.0 Å². The van der Waals surface area contributed by atoms with Crippen LogP contribution in [0.15, 0.2) is 30.7 Å². The summed E-state index contributed by atoms with van der Waals surface area (Å²) in [4.78, 5) is 7.28. The molecule has 1 N–H and O–H groups in total. The maximum absolute atomic E-state index is 12.6. The van der Waals surface area contributed by atoms with Crippen molar-refractivity contribution < 1.29 is 13.2 Å². The summed E-state index contributed by atoms with van der Waals surface area (Å²) in [6.45, 7) is 3.73. The number of hydrogen-bond donors (Lipinski definition) is 1. The predicted octanol–water partition coefficient (Wildman–Crippen LogP) is 2.75. The van der Waals surface area contributed by atoms with Gasteiger partial charge in [-0.05, 0) is 26.0 Å². The molecule has 8 heteroatoms. The average molecular weight is 285 g/mol. The summed E-state index contributed by atoms with van der Waals surface area (Å²) in [7, 11) is 0. The van der Waals surface area contributed by atoms with Crippen molar-refractivity contribution >= 4 is 5.95 Å². The molecule has 0 unspecified atom stereocenters. The van der Waals surface area contributed by atoms with Crippen LogP contribution < -0.4 is 5.32 Å². The number of rotatable bonds is 4. The fraction of sp³-hybridized carbons (Fsp3) is 0.417. The van der Waals surface area contributed by atoms with E-state index >= 15 is 0 Å². The predicted molar refractivity (Wildman–Crippen MR) is 67.1 cm³/mol. The molecule has 108 valence electrons. The van der Waals surface area contributed by atoms with Crippen molar-refractivity contribution in [3.05, 3.63) is 36.4 Å². The first-order chi connectivity index (χ1) is 9.38. The number of nitrogens with one attached hydrogen (secondary N) is 1. The Bertz CT molecular complexity index is 552. The zero-order chi connectivity index (χ0) is 14.8. The molecule has 0 spiro atoms.